The highest BCUT2D eigenvalue weighted by atomic mass is 32.2. The van der Waals surface area contributed by atoms with Crippen LogP contribution >= 0.6 is 0 Å². The quantitative estimate of drug-likeness (QED) is 0.467. The van der Waals surface area contributed by atoms with Crippen molar-refractivity contribution in [2.24, 2.45) is 0 Å². The van der Waals surface area contributed by atoms with Gasteiger partial charge in [0.2, 0.25) is 10.0 Å². The van der Waals surface area contributed by atoms with Crippen LogP contribution in [0.4, 0.5) is 10.1 Å². The molecule has 0 fully saturated rings. The summed E-state index contributed by atoms with van der Waals surface area (Å²) in [5.74, 6) is 0.479. The second-order valence-corrected chi connectivity index (χ2v) is 9.65. The van der Waals surface area contributed by atoms with Crippen molar-refractivity contribution in [1.29, 1.82) is 0 Å². The second-order valence-electron chi connectivity index (χ2n) is 7.74. The summed E-state index contributed by atoms with van der Waals surface area (Å²) in [4.78, 5) is 12.3. The number of carbonyl (C=O) groups is 1. The van der Waals surface area contributed by atoms with E-state index in [4.69, 9.17) is 9.47 Å². The van der Waals surface area contributed by atoms with E-state index < -0.39 is 15.8 Å². The van der Waals surface area contributed by atoms with Gasteiger partial charge in [0.15, 0.2) is 6.61 Å². The second kappa shape index (κ2) is 11.0. The van der Waals surface area contributed by atoms with Crippen LogP contribution in [0.3, 0.4) is 0 Å². The topological polar surface area (TPSA) is 84.9 Å². The van der Waals surface area contributed by atoms with Gasteiger partial charge in [0.05, 0.1) is 31.6 Å². The highest BCUT2D eigenvalue weighted by Gasteiger charge is 2.18. The number of ether oxygens (including phenoxy) is 2. The molecule has 7 nitrogen and oxygen atoms in total. The minimum Gasteiger partial charge on any atom is -0.497 e. The molecular formula is C25H27FN2O5S. The maximum Gasteiger partial charge on any atom is 0.258 e. The predicted molar refractivity (Wildman–Crippen MR) is 129 cm³/mol. The Bertz CT molecular complexity index is 1200. The summed E-state index contributed by atoms with van der Waals surface area (Å²) in [6.07, 6.45) is 1.11. The Kier molecular flexibility index (Phi) is 8.12. The molecule has 0 aliphatic carbocycles. The number of hydrogen-bond donors (Lipinski definition) is 1. The number of carbonyl (C=O) groups excluding carboxylic acids is 1. The number of amides is 1. The molecule has 0 aromatic heterocycles. The van der Waals surface area contributed by atoms with Gasteiger partial charge in [-0.15, -0.1) is 0 Å². The van der Waals surface area contributed by atoms with Crippen LogP contribution in [0.2, 0.25) is 0 Å². The van der Waals surface area contributed by atoms with Crippen molar-refractivity contribution in [3.63, 3.8) is 0 Å². The van der Waals surface area contributed by atoms with Gasteiger partial charge < -0.3 is 14.8 Å². The third-order valence-corrected chi connectivity index (χ3v) is 6.27. The Morgan fingerprint density at radius 3 is 2.12 bits per heavy atom. The van der Waals surface area contributed by atoms with Gasteiger partial charge in [-0.05, 0) is 66.6 Å². The van der Waals surface area contributed by atoms with Gasteiger partial charge in [0.1, 0.15) is 17.3 Å². The fraction of sp³-hybridized carbons (Fsp3) is 0.240. The molecule has 0 saturated heterocycles. The number of anilines is 1. The summed E-state index contributed by atoms with van der Waals surface area (Å²) in [6, 6.07) is 19.2. The Morgan fingerprint density at radius 2 is 1.56 bits per heavy atom. The minimum absolute atomic E-state index is 0.0605. The molecule has 0 radical (unpaired) electrons. The van der Waals surface area contributed by atoms with Crippen LogP contribution < -0.4 is 19.1 Å². The number of sulfonamides is 1. The lowest BCUT2D eigenvalue weighted by molar-refractivity contribution is -0.123. The molecule has 3 rings (SSSR count). The summed E-state index contributed by atoms with van der Waals surface area (Å²) in [6.45, 7) is 1.74. The van der Waals surface area contributed by atoms with Gasteiger partial charge in [-0.2, -0.15) is 0 Å². The van der Waals surface area contributed by atoms with Crippen LogP contribution in [-0.4, -0.2) is 34.3 Å². The Hall–Kier alpha value is -3.59. The third kappa shape index (κ3) is 6.95. The number of halogens is 1. The fourth-order valence-corrected chi connectivity index (χ4v) is 4.16. The molecule has 34 heavy (non-hydrogen) atoms. The van der Waals surface area contributed by atoms with Crippen LogP contribution in [0.5, 0.6) is 11.5 Å². The lowest BCUT2D eigenvalue weighted by Gasteiger charge is -2.23. The highest BCUT2D eigenvalue weighted by Crippen LogP contribution is 2.24. The number of rotatable bonds is 10. The van der Waals surface area contributed by atoms with Gasteiger partial charge in [0.25, 0.3) is 5.91 Å². The van der Waals surface area contributed by atoms with E-state index in [1.54, 1.807) is 31.4 Å². The van der Waals surface area contributed by atoms with Crippen LogP contribution in [0.15, 0.2) is 72.8 Å². The number of hydrogen-bond acceptors (Lipinski definition) is 5. The first-order valence-corrected chi connectivity index (χ1v) is 12.4. The molecule has 1 amide bonds. The van der Waals surface area contributed by atoms with E-state index in [-0.39, 0.29) is 25.1 Å². The zero-order valence-corrected chi connectivity index (χ0v) is 20.0. The van der Waals surface area contributed by atoms with E-state index in [1.165, 1.54) is 28.6 Å². The molecule has 0 spiro atoms. The monoisotopic (exact) mass is 486 g/mol. The van der Waals surface area contributed by atoms with Crippen LogP contribution in [0.25, 0.3) is 0 Å². The van der Waals surface area contributed by atoms with Gasteiger partial charge >= 0.3 is 0 Å². The minimum atomic E-state index is -3.58. The number of methoxy groups -OCH3 is 1. The normalized spacial score (nSPS) is 12.0. The molecule has 0 aliphatic rings. The van der Waals surface area contributed by atoms with Crippen molar-refractivity contribution in [3.8, 4) is 11.5 Å². The average Bonchev–Trinajstić information content (AvgIpc) is 2.82. The number of benzene rings is 3. The maximum atomic E-state index is 13.2. The fourth-order valence-electron chi connectivity index (χ4n) is 3.27. The molecule has 0 unspecified atom stereocenters. The molecule has 0 heterocycles. The Morgan fingerprint density at radius 1 is 0.971 bits per heavy atom. The van der Waals surface area contributed by atoms with Crippen molar-refractivity contribution in [2.45, 2.75) is 19.5 Å². The van der Waals surface area contributed by atoms with Gasteiger partial charge in [-0.1, -0.05) is 24.3 Å². The first-order chi connectivity index (χ1) is 16.2. The third-order valence-electron chi connectivity index (χ3n) is 5.13. The first-order valence-electron chi connectivity index (χ1n) is 10.5. The molecule has 0 aliphatic heterocycles. The van der Waals surface area contributed by atoms with Gasteiger partial charge in [-0.25, -0.2) is 12.8 Å². The summed E-state index contributed by atoms with van der Waals surface area (Å²) in [7, 11) is -1.99. The maximum absolute atomic E-state index is 13.2. The number of nitrogens with zero attached hydrogens (tertiary/aromatic N) is 1. The van der Waals surface area contributed by atoms with Crippen LogP contribution in [0, 0.1) is 5.82 Å². The van der Waals surface area contributed by atoms with E-state index in [0.717, 1.165) is 17.6 Å². The summed E-state index contributed by atoms with van der Waals surface area (Å²) < 4.78 is 49.7. The number of nitrogens with one attached hydrogen (secondary N) is 1. The molecule has 0 bridgehead atoms. The molecule has 1 atom stereocenters. The average molecular weight is 487 g/mol. The Labute approximate surface area is 199 Å². The van der Waals surface area contributed by atoms with Crippen molar-refractivity contribution in [1.82, 2.24) is 5.32 Å². The highest BCUT2D eigenvalue weighted by molar-refractivity contribution is 7.92. The van der Waals surface area contributed by atoms with Gasteiger partial charge in [0, 0.05) is 0 Å². The molecular weight excluding hydrogens is 459 g/mol. The van der Waals surface area contributed by atoms with Crippen molar-refractivity contribution >= 4 is 21.6 Å². The molecule has 3 aromatic rings. The van der Waals surface area contributed by atoms with Crippen LogP contribution in [-0.2, 0) is 21.4 Å². The van der Waals surface area contributed by atoms with E-state index in [9.17, 15) is 17.6 Å². The van der Waals surface area contributed by atoms with E-state index in [1.807, 2.05) is 31.2 Å². The molecule has 3 aromatic carbocycles. The lowest BCUT2D eigenvalue weighted by Crippen LogP contribution is -2.31. The standard InChI is InChI=1S/C25H27FN2O5S/c1-18(20-6-12-23(32-2)13-7-20)27-25(29)17-33-24-14-10-22(11-15-24)28(34(3,30)31)16-19-4-8-21(26)9-5-19/h4-15,18H,16-17H2,1-3H3,(H,27,29)/t18-/m1/s1. The summed E-state index contributed by atoms with van der Waals surface area (Å²) in [5.41, 5.74) is 2.01. The predicted octanol–water partition coefficient (Wildman–Crippen LogP) is 4.06. The molecule has 9 heteroatoms. The SMILES string of the molecule is COc1ccc([C@@H](C)NC(=O)COc2ccc(N(Cc3ccc(F)cc3)S(C)(=O)=O)cc2)cc1. The van der Waals surface area contributed by atoms with Crippen LogP contribution in [0.1, 0.15) is 24.1 Å². The Balaban J connectivity index is 1.59. The largest absolute Gasteiger partial charge is 0.497 e. The van der Waals surface area contributed by atoms with Crippen molar-refractivity contribution in [3.05, 3.63) is 89.7 Å². The first kappa shape index (κ1) is 25.0. The lowest BCUT2D eigenvalue weighted by atomic mass is 10.1. The summed E-state index contributed by atoms with van der Waals surface area (Å²) in [5, 5.41) is 2.87. The van der Waals surface area contributed by atoms with E-state index >= 15 is 0 Å². The molecule has 180 valence electrons. The van der Waals surface area contributed by atoms with Gasteiger partial charge in [-0.3, -0.25) is 9.10 Å². The van der Waals surface area contributed by atoms with Crippen molar-refractivity contribution < 1.29 is 27.1 Å². The molecule has 1 N–H and O–H groups in total. The van der Waals surface area contributed by atoms with Crippen molar-refractivity contribution in [2.75, 3.05) is 24.3 Å². The summed E-state index contributed by atoms with van der Waals surface area (Å²) >= 11 is 0. The smallest absolute Gasteiger partial charge is 0.258 e. The van der Waals surface area contributed by atoms with E-state index in [2.05, 4.69) is 5.32 Å². The van der Waals surface area contributed by atoms with E-state index in [0.29, 0.717) is 17.0 Å². The zero-order chi connectivity index (χ0) is 24.7. The zero-order valence-electron chi connectivity index (χ0n) is 19.2. The molecule has 0 saturated carbocycles.